The average Bonchev–Trinajstić information content (AvgIpc) is 1.55. The molecule has 2 aromatic rings. The van der Waals surface area contributed by atoms with Gasteiger partial charge in [0.05, 0.1) is 30.8 Å². The van der Waals surface area contributed by atoms with Crippen LogP contribution in [0, 0.1) is 22.7 Å². The lowest BCUT2D eigenvalue weighted by atomic mass is 9.96. The fourth-order valence-electron chi connectivity index (χ4n) is 14.4. The van der Waals surface area contributed by atoms with E-state index in [2.05, 4.69) is 116 Å². The molecule has 0 spiro atoms. The van der Waals surface area contributed by atoms with Crippen LogP contribution in [0.3, 0.4) is 0 Å². The molecule has 0 aliphatic carbocycles. The van der Waals surface area contributed by atoms with E-state index in [9.17, 15) is 112 Å². The number of aliphatic hydroxyl groups excluding tert-OH is 3. The molecule has 1 saturated heterocycles. The molecule has 16 amide bonds. The van der Waals surface area contributed by atoms with Gasteiger partial charge in [0.25, 0.3) is 0 Å². The van der Waals surface area contributed by atoms with Crippen molar-refractivity contribution in [3.63, 3.8) is 0 Å². The topological polar surface area (TPSA) is 849 Å². The maximum absolute atomic E-state index is 14.9. The molecule has 0 aromatic heterocycles. The lowest BCUT2D eigenvalue weighted by Crippen LogP contribution is -2.64. The Morgan fingerprint density at radius 2 is 0.803 bits per heavy atom. The minimum atomic E-state index is -2.01. The Hall–Kier alpha value is -12.0. The lowest BCUT2D eigenvalue weighted by molar-refractivity contribution is -0.142. The molecule has 137 heavy (non-hydrogen) atoms. The number of rotatable bonds is 62. The van der Waals surface area contributed by atoms with E-state index < -0.39 is 263 Å². The predicted molar refractivity (Wildman–Crippen MR) is 508 cm³/mol. The smallest absolute Gasteiger partial charge is 0.326 e. The maximum atomic E-state index is 14.9. The Morgan fingerprint density at radius 3 is 1.18 bits per heavy atom. The van der Waals surface area contributed by atoms with Crippen LogP contribution < -0.4 is 131 Å². The van der Waals surface area contributed by atoms with E-state index in [1.807, 2.05) is 0 Å². The van der Waals surface area contributed by atoms with Crippen molar-refractivity contribution in [3.05, 3.63) is 59.7 Å². The highest BCUT2D eigenvalue weighted by Crippen LogP contribution is 2.25. The largest absolute Gasteiger partial charge is 0.508 e. The molecule has 0 unspecified atom stereocenters. The van der Waals surface area contributed by atoms with Crippen LogP contribution in [-0.4, -0.2) is 326 Å². The minimum absolute atomic E-state index is 0.0407. The van der Waals surface area contributed by atoms with E-state index in [0.29, 0.717) is 17.5 Å². The number of hydrogen-bond donors (Lipinski definition) is 34. The Morgan fingerprint density at radius 1 is 0.453 bits per heavy atom. The molecule has 39 N–H and O–H groups in total. The number of aliphatic carboxylic acids is 1. The van der Waals surface area contributed by atoms with Gasteiger partial charge in [-0.3, -0.25) is 87.5 Å². The van der Waals surface area contributed by atoms with Crippen LogP contribution in [0.15, 0.2) is 48.5 Å². The third kappa shape index (κ3) is 41.0. The third-order valence-corrected chi connectivity index (χ3v) is 22.8. The van der Waals surface area contributed by atoms with E-state index in [4.69, 9.17) is 51.0 Å². The first-order valence-electron chi connectivity index (χ1n) is 45.0. The van der Waals surface area contributed by atoms with Gasteiger partial charge in [0, 0.05) is 49.4 Å². The fraction of sp³-hybridized carbons (Fsp3) is 0.635. The van der Waals surface area contributed by atoms with Crippen LogP contribution in [0.2, 0.25) is 0 Å². The fourth-order valence-corrected chi connectivity index (χ4v) is 14.8. The summed E-state index contributed by atoms with van der Waals surface area (Å²) in [5, 5.41) is 121. The number of guanidine groups is 2. The standard InChI is InChI=1S/C85H143N27O23S2/c1-10-42(4)63(108-76(128)60-37-49(117)39-112(60)81(133)62(95-9)41(2)3)77(129)110-65(44(6)114)79(131)104-56(35-45-18-22-47(115)23-19-45)74(126)111-66(85(7,8)137)80(132)105-57(38-61(90)118)73(125)100-51(16-13-33-96-83(91)92)67(119)101-55(28-32-89)72(124)109-64(43(5)113)78(130)103-54(27-31-88)71(123)98-50(15-11-12-29-86)69(121)107-59(40-136)75(127)102-53(26-30-87)70(122)99-52(17-14-34-97-84(93)94)68(120)106-58(82(134)135)36-46-20-24-48(116)25-21-46/h18-25,41-44,49-60,62-66,95,113-117,136-137H,10-17,26-40,86-89H2,1-9H3,(H2,90,118)(H,98,123)(H,99,122)(H,100,125)(H,101,119)(H,102,127)(H,103,130)(H,104,131)(H,105,132)(H,106,120)(H,107,121)(H,108,128)(H,109,124)(H,110,129)(H,111,126)(H,134,135)(H4,91,92,96)(H4,93,94,97)/t42-,43+,44+,49+,50-,51-,52-,53-,54+,55-,56-,57-,58-,59-,60-,62-,63-,64-,65-,66+/m0/s1. The summed E-state index contributed by atoms with van der Waals surface area (Å²) in [6.45, 7) is 10.8. The zero-order valence-electron chi connectivity index (χ0n) is 78.5. The van der Waals surface area contributed by atoms with Gasteiger partial charge in [0.1, 0.15) is 102 Å². The van der Waals surface area contributed by atoms with Crippen LogP contribution in [0.25, 0.3) is 0 Å². The molecule has 0 radical (unpaired) electrons. The van der Waals surface area contributed by atoms with Gasteiger partial charge in [-0.1, -0.05) is 58.4 Å². The molecule has 52 heteroatoms. The predicted octanol–water partition coefficient (Wildman–Crippen LogP) is -10.0. The molecule has 0 bridgehead atoms. The van der Waals surface area contributed by atoms with Crippen LogP contribution >= 0.6 is 25.3 Å². The number of amides is 16. The number of carboxylic acid groups (broad SMARTS) is 1. The first-order chi connectivity index (χ1) is 64.4. The van der Waals surface area contributed by atoms with Gasteiger partial charge in [-0.05, 0) is 172 Å². The molecular weight excluding hydrogens is 1830 g/mol. The number of nitrogens with two attached hydrogens (primary N) is 7. The Kier molecular flexibility index (Phi) is 52.0. The van der Waals surface area contributed by atoms with Gasteiger partial charge in [-0.2, -0.15) is 25.3 Å². The first kappa shape index (κ1) is 119. The van der Waals surface area contributed by atoms with Gasteiger partial charge in [0.2, 0.25) is 94.5 Å². The van der Waals surface area contributed by atoms with E-state index in [-0.39, 0.29) is 134 Å². The number of unbranched alkanes of at least 4 members (excludes halogenated alkanes) is 1. The van der Waals surface area contributed by atoms with Crippen LogP contribution in [0.5, 0.6) is 11.5 Å². The normalized spacial score (nSPS) is 16.9. The van der Waals surface area contributed by atoms with Crippen molar-refractivity contribution in [3.8, 4) is 11.5 Å². The maximum Gasteiger partial charge on any atom is 0.326 e. The second kappa shape index (κ2) is 59.8. The lowest BCUT2D eigenvalue weighted by Gasteiger charge is -2.33. The molecule has 1 aliphatic heterocycles. The van der Waals surface area contributed by atoms with E-state index in [1.165, 1.54) is 67.3 Å². The number of hydrogen-bond acceptors (Lipinski definition) is 31. The van der Waals surface area contributed by atoms with Crippen molar-refractivity contribution in [2.24, 2.45) is 52.0 Å². The zero-order chi connectivity index (χ0) is 103. The second-order valence-corrected chi connectivity index (χ2v) is 35.9. The minimum Gasteiger partial charge on any atom is -0.508 e. The van der Waals surface area contributed by atoms with Gasteiger partial charge in [-0.25, -0.2) is 4.79 Å². The number of phenolic OH excluding ortho intramolecular Hbond substituents is 2. The number of phenols is 2. The van der Waals surface area contributed by atoms with Crippen molar-refractivity contribution in [1.82, 2.24) is 95.3 Å². The number of nitrogens with one attached hydrogen (secondary N) is 19. The van der Waals surface area contributed by atoms with E-state index >= 15 is 0 Å². The van der Waals surface area contributed by atoms with Crippen LogP contribution in [0.4, 0.5) is 0 Å². The second-order valence-electron chi connectivity index (χ2n) is 34.4. The number of carbonyl (C=O) groups is 17. The molecule has 3 rings (SSSR count). The number of β-amino-alcohol motifs (C(OH)–C–C–N with tert-alkyl or cyclic N) is 1. The van der Waals surface area contributed by atoms with E-state index in [0.717, 1.165) is 13.8 Å². The molecule has 0 saturated carbocycles. The number of likely N-dealkylation sites (N-methyl/N-ethyl adjacent to an activating group) is 1. The summed E-state index contributed by atoms with van der Waals surface area (Å²) in [5.41, 5.74) is 40.9. The number of aromatic hydroxyl groups is 2. The van der Waals surface area contributed by atoms with Crippen molar-refractivity contribution < 1.29 is 112 Å². The summed E-state index contributed by atoms with van der Waals surface area (Å²) in [6.07, 6.45) is -7.37. The summed E-state index contributed by atoms with van der Waals surface area (Å²) >= 11 is 8.87. The van der Waals surface area contributed by atoms with Crippen molar-refractivity contribution in [1.29, 1.82) is 10.8 Å². The quantitative estimate of drug-likeness (QED) is 0.0127. The Bertz CT molecular complexity index is 4390. The highest BCUT2D eigenvalue weighted by molar-refractivity contribution is 7.81. The highest BCUT2D eigenvalue weighted by atomic mass is 32.1. The molecule has 20 atom stereocenters. The third-order valence-electron chi connectivity index (χ3n) is 22.2. The Balaban J connectivity index is 1.93. The van der Waals surface area contributed by atoms with E-state index in [1.54, 1.807) is 34.7 Å². The molecule has 2 aromatic carbocycles. The van der Waals surface area contributed by atoms with Gasteiger partial charge < -0.3 is 166 Å². The average molecular weight is 1980 g/mol. The van der Waals surface area contributed by atoms with Crippen molar-refractivity contribution in [2.75, 3.05) is 58.6 Å². The summed E-state index contributed by atoms with van der Waals surface area (Å²) < 4.78 is -1.65. The molecule has 50 nitrogen and oxygen atoms in total. The number of aliphatic hydroxyl groups is 3. The van der Waals surface area contributed by atoms with Gasteiger partial charge >= 0.3 is 5.97 Å². The molecule has 1 aliphatic rings. The number of primary amides is 1. The monoisotopic (exact) mass is 1970 g/mol. The molecule has 768 valence electrons. The number of nitrogens with zero attached hydrogens (tertiary/aromatic N) is 1. The number of thiol groups is 2. The van der Waals surface area contributed by atoms with Crippen LogP contribution in [-0.2, 0) is 94.3 Å². The van der Waals surface area contributed by atoms with Crippen molar-refractivity contribution >= 4 is 138 Å². The number of benzene rings is 2. The number of carbonyl (C=O) groups excluding carboxylic acids is 16. The Labute approximate surface area is 805 Å². The van der Waals surface area contributed by atoms with Gasteiger partial charge in [-0.15, -0.1) is 0 Å². The zero-order valence-corrected chi connectivity index (χ0v) is 80.3. The first-order valence-corrected chi connectivity index (χ1v) is 46.1. The number of likely N-dealkylation sites (tertiary alicyclic amines) is 1. The highest BCUT2D eigenvalue weighted by Gasteiger charge is 2.46. The number of carboxylic acids is 1. The summed E-state index contributed by atoms with van der Waals surface area (Å²) in [5.74, 6) is -20.8. The van der Waals surface area contributed by atoms with Crippen LogP contribution in [0.1, 0.15) is 150 Å². The summed E-state index contributed by atoms with van der Waals surface area (Å²) in [6, 6.07) is -14.7. The SMILES string of the molecule is CC[C@H](C)[C@H](NC(=O)[C@@H]1C[C@@H](O)CN1C(=O)[C@@H](NC)C(C)C)C(=O)N[C@H](C(=O)N[C@@H](Cc1ccc(O)cc1)C(=O)N[C@H](C(=O)N[C@@H](CC(N)=O)C(=O)N[C@@H](CCCNC(=N)N)C(=O)N[C@@H](CCN)C(=O)N[C@H](C(=O)N[C@H](CCN)C(=O)N[C@@H](CCCCN)C(=O)N[C@@H](CS)C(=O)N[C@@H](CCN)C(=O)N[C@@H](CCCNC(=N)N)C(=O)N[C@@H](Cc1ccc(O)cc1)C(=O)O)[C@@H](C)O)C(C)(C)S)[C@@H](C)O. The summed E-state index contributed by atoms with van der Waals surface area (Å²) in [4.78, 5) is 242. The molecular formula is C85H143N27O23S2. The summed E-state index contributed by atoms with van der Waals surface area (Å²) in [7, 11) is 1.57. The molecule has 1 fully saturated rings. The van der Waals surface area contributed by atoms with Crippen molar-refractivity contribution in [2.45, 2.75) is 271 Å². The van der Waals surface area contributed by atoms with Gasteiger partial charge in [0.15, 0.2) is 11.9 Å². The molecule has 1 heterocycles.